The van der Waals surface area contributed by atoms with Crippen LogP contribution in [0.15, 0.2) is 40.4 Å². The van der Waals surface area contributed by atoms with Crippen LogP contribution in [0.4, 0.5) is 0 Å². The summed E-state index contributed by atoms with van der Waals surface area (Å²) in [6, 6.07) is 7.64. The Labute approximate surface area is 121 Å². The first kappa shape index (κ1) is 13.1. The van der Waals surface area contributed by atoms with Crippen LogP contribution in [0.5, 0.6) is 0 Å². The van der Waals surface area contributed by atoms with Crippen LogP contribution in [-0.4, -0.2) is 28.3 Å². The molecule has 0 aliphatic carbocycles. The third-order valence-electron chi connectivity index (χ3n) is 2.58. The van der Waals surface area contributed by atoms with Crippen LogP contribution >= 0.6 is 11.3 Å². The molecule has 102 valence electrons. The van der Waals surface area contributed by atoms with E-state index in [2.05, 4.69) is 18.8 Å². The standard InChI is InChI=1S/C12H9N3O3S2/c1-18-12(16)9-6-8(14-20(17)15-9)11-13-7-4-2-3-5-10(7)19-11/h2-6,15H,1H3. The van der Waals surface area contributed by atoms with Crippen molar-refractivity contribution in [3.63, 3.8) is 0 Å². The number of carbonyl (C=O) groups is 1. The zero-order chi connectivity index (χ0) is 14.1. The number of methoxy groups -OCH3 is 1. The maximum Gasteiger partial charge on any atom is 0.358 e. The summed E-state index contributed by atoms with van der Waals surface area (Å²) in [4.78, 5) is 15.9. The van der Waals surface area contributed by atoms with E-state index in [1.165, 1.54) is 24.5 Å². The van der Waals surface area contributed by atoms with Crippen LogP contribution in [0.2, 0.25) is 0 Å². The molecule has 6 nitrogen and oxygen atoms in total. The second-order valence-corrected chi connectivity index (χ2v) is 5.78. The molecule has 0 spiro atoms. The quantitative estimate of drug-likeness (QED) is 0.668. The van der Waals surface area contributed by atoms with Crippen molar-refractivity contribution < 1.29 is 14.1 Å². The number of allylic oxidation sites excluding steroid dienone is 1. The Hall–Kier alpha value is -1.90. The maximum atomic E-state index is 11.6. The smallest absolute Gasteiger partial charge is 0.358 e. The van der Waals surface area contributed by atoms with E-state index in [4.69, 9.17) is 0 Å². The fourth-order valence-corrected chi connectivity index (χ4v) is 3.37. The largest absolute Gasteiger partial charge is 0.567 e. The molecule has 1 aromatic carbocycles. The first-order chi connectivity index (χ1) is 9.67. The fraction of sp³-hybridized carbons (Fsp3) is 0.0833. The topological polar surface area (TPSA) is 86.6 Å². The van der Waals surface area contributed by atoms with Gasteiger partial charge < -0.3 is 9.29 Å². The van der Waals surface area contributed by atoms with Gasteiger partial charge in [-0.25, -0.2) is 9.78 Å². The average molecular weight is 307 g/mol. The molecule has 0 amide bonds. The van der Waals surface area contributed by atoms with Crippen LogP contribution in [0.3, 0.4) is 0 Å². The summed E-state index contributed by atoms with van der Waals surface area (Å²) in [6.07, 6.45) is 1.49. The van der Waals surface area contributed by atoms with E-state index in [-0.39, 0.29) is 5.70 Å². The van der Waals surface area contributed by atoms with Crippen molar-refractivity contribution >= 4 is 44.8 Å². The monoisotopic (exact) mass is 307 g/mol. The maximum absolute atomic E-state index is 11.6. The summed E-state index contributed by atoms with van der Waals surface area (Å²) >= 11 is -0.283. The number of para-hydroxylation sites is 1. The van der Waals surface area contributed by atoms with Gasteiger partial charge in [-0.15, -0.1) is 11.3 Å². The van der Waals surface area contributed by atoms with Crippen LogP contribution in [-0.2, 0) is 21.1 Å². The van der Waals surface area contributed by atoms with Crippen LogP contribution in [0.25, 0.3) is 10.2 Å². The molecule has 0 bridgehead atoms. The Bertz CT molecular complexity index is 705. The van der Waals surface area contributed by atoms with Crippen molar-refractivity contribution in [2.24, 2.45) is 4.40 Å². The third kappa shape index (κ3) is 2.40. The summed E-state index contributed by atoms with van der Waals surface area (Å²) in [6.45, 7) is 0. The molecule has 20 heavy (non-hydrogen) atoms. The predicted octanol–water partition coefficient (Wildman–Crippen LogP) is 1.32. The van der Waals surface area contributed by atoms with Gasteiger partial charge in [-0.05, 0) is 16.5 Å². The van der Waals surface area contributed by atoms with Gasteiger partial charge in [-0.3, -0.25) is 0 Å². The SMILES string of the molecule is COC(=O)C1=CC(c2nc3ccccc3s2)=N[S+]([O-])N1. The molecular weight excluding hydrogens is 298 g/mol. The number of esters is 1. The number of hydrogen-bond donors (Lipinski definition) is 1. The minimum absolute atomic E-state index is 0.107. The molecule has 3 rings (SSSR count). The Balaban J connectivity index is 2.03. The van der Waals surface area contributed by atoms with E-state index in [1.807, 2.05) is 24.3 Å². The van der Waals surface area contributed by atoms with E-state index in [9.17, 15) is 9.35 Å². The van der Waals surface area contributed by atoms with Crippen LogP contribution in [0.1, 0.15) is 5.01 Å². The highest BCUT2D eigenvalue weighted by molar-refractivity contribution is 7.88. The van der Waals surface area contributed by atoms with E-state index >= 15 is 0 Å². The lowest BCUT2D eigenvalue weighted by Crippen LogP contribution is -2.31. The van der Waals surface area contributed by atoms with Crippen molar-refractivity contribution in [1.29, 1.82) is 0 Å². The summed E-state index contributed by atoms with van der Waals surface area (Å²) in [5.74, 6) is -0.591. The van der Waals surface area contributed by atoms with Gasteiger partial charge in [0.2, 0.25) is 11.5 Å². The molecule has 0 radical (unpaired) electrons. The van der Waals surface area contributed by atoms with E-state index in [1.54, 1.807) is 0 Å². The second-order valence-electron chi connectivity index (χ2n) is 3.86. The summed E-state index contributed by atoms with van der Waals surface area (Å²) in [5.41, 5.74) is 1.35. The Morgan fingerprint density at radius 3 is 3.00 bits per heavy atom. The highest BCUT2D eigenvalue weighted by Gasteiger charge is 2.25. The number of benzene rings is 1. The molecule has 1 unspecified atom stereocenters. The molecule has 2 aromatic rings. The zero-order valence-corrected chi connectivity index (χ0v) is 12.0. The molecule has 1 aliphatic heterocycles. The van der Waals surface area contributed by atoms with Gasteiger partial charge in [0, 0.05) is 6.08 Å². The second kappa shape index (κ2) is 5.23. The van der Waals surface area contributed by atoms with Gasteiger partial charge >= 0.3 is 5.97 Å². The number of thiazole rings is 1. The molecule has 0 fully saturated rings. The first-order valence-corrected chi connectivity index (χ1v) is 7.53. The minimum atomic E-state index is -1.71. The highest BCUT2D eigenvalue weighted by Crippen LogP contribution is 2.24. The predicted molar refractivity (Wildman–Crippen MR) is 77.5 cm³/mol. The van der Waals surface area contributed by atoms with Crippen molar-refractivity contribution in [2.45, 2.75) is 0 Å². The number of nitrogens with zero attached hydrogens (tertiary/aromatic N) is 2. The number of carbonyl (C=O) groups excluding carboxylic acids is 1. The average Bonchev–Trinajstić information content (AvgIpc) is 2.89. The lowest BCUT2D eigenvalue weighted by molar-refractivity contribution is -0.136. The first-order valence-electron chi connectivity index (χ1n) is 5.60. The van der Waals surface area contributed by atoms with Gasteiger partial charge in [0.25, 0.3) is 0 Å². The normalized spacial score (nSPS) is 18.2. The number of aromatic nitrogens is 1. The van der Waals surface area contributed by atoms with Crippen LogP contribution in [0, 0.1) is 0 Å². The van der Waals surface area contributed by atoms with Crippen LogP contribution < -0.4 is 4.72 Å². The summed E-state index contributed by atoms with van der Waals surface area (Å²) < 4.78 is 23.6. The fourth-order valence-electron chi connectivity index (χ4n) is 1.69. The number of hydrogen-bond acceptors (Lipinski definition) is 7. The van der Waals surface area contributed by atoms with Gasteiger partial charge in [0.15, 0.2) is 11.4 Å². The summed E-state index contributed by atoms with van der Waals surface area (Å²) in [7, 11) is 1.26. The highest BCUT2D eigenvalue weighted by atomic mass is 32.2. The van der Waals surface area contributed by atoms with E-state index in [0.717, 1.165) is 10.2 Å². The van der Waals surface area contributed by atoms with Gasteiger partial charge in [-0.2, -0.15) is 4.72 Å². The molecule has 1 aliphatic rings. The van der Waals surface area contributed by atoms with Crippen molar-refractivity contribution in [3.05, 3.63) is 41.0 Å². The molecule has 1 N–H and O–H groups in total. The molecule has 1 aromatic heterocycles. The summed E-state index contributed by atoms with van der Waals surface area (Å²) in [5, 5.41) is 0.613. The number of fused-ring (bicyclic) bond motifs is 1. The van der Waals surface area contributed by atoms with E-state index in [0.29, 0.717) is 10.7 Å². The van der Waals surface area contributed by atoms with Crippen molar-refractivity contribution in [1.82, 2.24) is 9.71 Å². The molecule has 2 heterocycles. The number of rotatable bonds is 2. The molecule has 0 saturated carbocycles. The van der Waals surface area contributed by atoms with E-state index < -0.39 is 17.5 Å². The Morgan fingerprint density at radius 2 is 2.25 bits per heavy atom. The van der Waals surface area contributed by atoms with Gasteiger partial charge in [-0.1, -0.05) is 12.1 Å². The Kier molecular flexibility index (Phi) is 3.43. The van der Waals surface area contributed by atoms with Crippen molar-refractivity contribution in [3.8, 4) is 0 Å². The number of ether oxygens (including phenoxy) is 1. The lowest BCUT2D eigenvalue weighted by atomic mass is 10.3. The lowest BCUT2D eigenvalue weighted by Gasteiger charge is -2.12. The van der Waals surface area contributed by atoms with Gasteiger partial charge in [0.05, 0.1) is 17.3 Å². The molecule has 0 saturated heterocycles. The minimum Gasteiger partial charge on any atom is -0.567 e. The Morgan fingerprint density at radius 1 is 1.45 bits per heavy atom. The van der Waals surface area contributed by atoms with Gasteiger partial charge in [0.1, 0.15) is 5.01 Å². The third-order valence-corrected chi connectivity index (χ3v) is 4.39. The zero-order valence-electron chi connectivity index (χ0n) is 10.3. The molecule has 1 atom stereocenters. The molecular formula is C12H9N3O3S2. The number of nitrogens with one attached hydrogen (secondary N) is 1. The molecule has 8 heteroatoms. The van der Waals surface area contributed by atoms with Crippen molar-refractivity contribution in [2.75, 3.05) is 7.11 Å².